The van der Waals surface area contributed by atoms with E-state index in [1.54, 1.807) is 0 Å². The highest BCUT2D eigenvalue weighted by molar-refractivity contribution is 5.68. The summed E-state index contributed by atoms with van der Waals surface area (Å²) in [6, 6.07) is 2.12. The Kier molecular flexibility index (Phi) is 5.76. The van der Waals surface area contributed by atoms with Gasteiger partial charge in [-0.1, -0.05) is 27.7 Å². The van der Waals surface area contributed by atoms with Crippen molar-refractivity contribution in [2.75, 3.05) is 6.61 Å². The fourth-order valence-electron chi connectivity index (χ4n) is 1.09. The summed E-state index contributed by atoms with van der Waals surface area (Å²) in [6.45, 7) is 8.04. The van der Waals surface area contributed by atoms with Crippen molar-refractivity contribution in [2.24, 2.45) is 5.92 Å². The summed E-state index contributed by atoms with van der Waals surface area (Å²) in [5.74, 6) is 0.301. The Bertz CT molecular complexity index is 239. The van der Waals surface area contributed by atoms with Crippen LogP contribution >= 0.6 is 0 Å². The molecule has 0 aliphatic rings. The molecule has 0 bridgehead atoms. The molecule has 0 unspecified atom stereocenters. The molecule has 0 heterocycles. The number of carbonyl (C=O) groups excluding carboxylic acids is 1. The monoisotopic (exact) mass is 212 g/mol. The molecule has 0 aliphatic carbocycles. The predicted molar refractivity (Wildman–Crippen MR) is 58.2 cm³/mol. The summed E-state index contributed by atoms with van der Waals surface area (Å²) < 4.78 is 4.96. The number of ether oxygens (including phenoxy) is 1. The van der Waals surface area contributed by atoms with Crippen LogP contribution in [0.25, 0.3) is 0 Å². The van der Waals surface area contributed by atoms with Gasteiger partial charge in [-0.05, 0) is 18.8 Å². The van der Waals surface area contributed by atoms with E-state index in [0.717, 1.165) is 0 Å². The molecule has 86 valence electrons. The van der Waals surface area contributed by atoms with Crippen LogP contribution in [0.4, 0.5) is 4.79 Å². The van der Waals surface area contributed by atoms with Gasteiger partial charge in [-0.15, -0.1) is 0 Å². The summed E-state index contributed by atoms with van der Waals surface area (Å²) in [5.41, 5.74) is -0.784. The van der Waals surface area contributed by atoms with Gasteiger partial charge in [0.2, 0.25) is 0 Å². The highest BCUT2D eigenvalue weighted by Crippen LogP contribution is 2.13. The van der Waals surface area contributed by atoms with Crippen LogP contribution in [-0.2, 0) is 4.74 Å². The van der Waals surface area contributed by atoms with Crippen LogP contribution in [-0.4, -0.2) is 18.2 Å². The molecule has 0 fully saturated rings. The lowest BCUT2D eigenvalue weighted by molar-refractivity contribution is 0.124. The van der Waals surface area contributed by atoms with Gasteiger partial charge >= 0.3 is 6.09 Å². The maximum Gasteiger partial charge on any atom is 0.408 e. The molecule has 0 saturated carbocycles. The first-order valence-corrected chi connectivity index (χ1v) is 5.35. The Hall–Kier alpha value is -1.24. The van der Waals surface area contributed by atoms with Crippen molar-refractivity contribution in [3.63, 3.8) is 0 Å². The van der Waals surface area contributed by atoms with Crippen molar-refractivity contribution in [3.05, 3.63) is 0 Å². The lowest BCUT2D eigenvalue weighted by Gasteiger charge is -2.24. The molecule has 0 rings (SSSR count). The molecule has 1 N–H and O–H groups in total. The number of carbonyl (C=O) groups is 1. The minimum Gasteiger partial charge on any atom is -0.449 e. The quantitative estimate of drug-likeness (QED) is 0.761. The number of alkyl carbamates (subject to hydrolysis) is 1. The predicted octanol–water partition coefficient (Wildman–Crippen LogP) is 2.45. The molecule has 0 aromatic heterocycles. The molecule has 0 saturated heterocycles. The summed E-state index contributed by atoms with van der Waals surface area (Å²) in [7, 11) is 0. The third kappa shape index (κ3) is 4.68. The number of hydrogen-bond acceptors (Lipinski definition) is 3. The largest absolute Gasteiger partial charge is 0.449 e. The number of nitrogens with zero attached hydrogens (tertiary/aromatic N) is 1. The molecular formula is C11H20N2O2. The first-order chi connectivity index (χ1) is 6.99. The Morgan fingerprint density at radius 3 is 2.33 bits per heavy atom. The summed E-state index contributed by atoms with van der Waals surface area (Å²) in [6.07, 6.45) is 0.655. The number of rotatable bonds is 5. The van der Waals surface area contributed by atoms with Crippen molar-refractivity contribution in [3.8, 4) is 6.07 Å². The Morgan fingerprint density at radius 1 is 1.47 bits per heavy atom. The van der Waals surface area contributed by atoms with Crippen LogP contribution in [0.5, 0.6) is 0 Å². The summed E-state index contributed by atoms with van der Waals surface area (Å²) >= 11 is 0. The summed E-state index contributed by atoms with van der Waals surface area (Å²) in [4.78, 5) is 11.4. The fourth-order valence-corrected chi connectivity index (χ4v) is 1.09. The van der Waals surface area contributed by atoms with E-state index in [1.165, 1.54) is 0 Å². The van der Waals surface area contributed by atoms with E-state index in [4.69, 9.17) is 10.00 Å². The molecule has 0 radical (unpaired) electrons. The van der Waals surface area contributed by atoms with Crippen molar-refractivity contribution >= 4 is 6.09 Å². The smallest absolute Gasteiger partial charge is 0.408 e. The van der Waals surface area contributed by atoms with Gasteiger partial charge in [-0.25, -0.2) is 4.79 Å². The molecule has 0 aliphatic heterocycles. The maximum absolute atomic E-state index is 11.4. The van der Waals surface area contributed by atoms with Gasteiger partial charge in [0.15, 0.2) is 0 Å². The standard InChI is InChI=1S/C11H20N2O2/c1-5-11(6-2,8-12)13-10(14)15-7-9(3)4/h9H,5-7H2,1-4H3,(H,13,14). The second-order valence-electron chi connectivity index (χ2n) is 4.02. The van der Waals surface area contributed by atoms with Crippen LogP contribution < -0.4 is 5.32 Å². The van der Waals surface area contributed by atoms with Gasteiger partial charge in [0.05, 0.1) is 12.7 Å². The lowest BCUT2D eigenvalue weighted by atomic mass is 9.95. The highest BCUT2D eigenvalue weighted by atomic mass is 16.5. The lowest BCUT2D eigenvalue weighted by Crippen LogP contribution is -2.46. The average molecular weight is 212 g/mol. The van der Waals surface area contributed by atoms with E-state index in [1.807, 2.05) is 27.7 Å². The molecule has 0 aromatic carbocycles. The van der Waals surface area contributed by atoms with Crippen LogP contribution in [0.3, 0.4) is 0 Å². The van der Waals surface area contributed by atoms with E-state index in [9.17, 15) is 4.79 Å². The molecule has 15 heavy (non-hydrogen) atoms. The number of amides is 1. The van der Waals surface area contributed by atoms with Gasteiger partial charge in [0.1, 0.15) is 5.54 Å². The molecule has 0 aromatic rings. The average Bonchev–Trinajstić information content (AvgIpc) is 2.23. The van der Waals surface area contributed by atoms with Gasteiger partial charge in [-0.3, -0.25) is 0 Å². The zero-order valence-electron chi connectivity index (χ0n) is 9.96. The second-order valence-corrected chi connectivity index (χ2v) is 4.02. The third-order valence-electron chi connectivity index (χ3n) is 2.31. The van der Waals surface area contributed by atoms with Gasteiger partial charge in [0.25, 0.3) is 0 Å². The Labute approximate surface area is 91.6 Å². The fraction of sp³-hybridized carbons (Fsp3) is 0.818. The van der Waals surface area contributed by atoms with Crippen molar-refractivity contribution in [1.29, 1.82) is 5.26 Å². The van der Waals surface area contributed by atoms with Crippen LogP contribution in [0.15, 0.2) is 0 Å². The van der Waals surface area contributed by atoms with Crippen LogP contribution in [0, 0.1) is 17.2 Å². The third-order valence-corrected chi connectivity index (χ3v) is 2.31. The zero-order valence-corrected chi connectivity index (χ0v) is 9.96. The summed E-state index contributed by atoms with van der Waals surface area (Å²) in [5, 5.41) is 11.6. The van der Waals surface area contributed by atoms with E-state index in [2.05, 4.69) is 11.4 Å². The number of hydrogen-bond donors (Lipinski definition) is 1. The highest BCUT2D eigenvalue weighted by Gasteiger charge is 2.28. The van der Waals surface area contributed by atoms with E-state index < -0.39 is 11.6 Å². The molecular weight excluding hydrogens is 192 g/mol. The topological polar surface area (TPSA) is 62.1 Å². The minimum absolute atomic E-state index is 0.301. The molecule has 4 nitrogen and oxygen atoms in total. The number of nitrogens with one attached hydrogen (secondary N) is 1. The first-order valence-electron chi connectivity index (χ1n) is 5.35. The second kappa shape index (κ2) is 6.28. The molecule has 1 amide bonds. The van der Waals surface area contributed by atoms with E-state index >= 15 is 0 Å². The maximum atomic E-state index is 11.4. The molecule has 0 atom stereocenters. The normalized spacial score (nSPS) is 10.9. The van der Waals surface area contributed by atoms with Crippen molar-refractivity contribution in [2.45, 2.75) is 46.1 Å². The Morgan fingerprint density at radius 2 is 2.00 bits per heavy atom. The van der Waals surface area contributed by atoms with Crippen molar-refractivity contribution in [1.82, 2.24) is 5.32 Å². The first kappa shape index (κ1) is 13.8. The van der Waals surface area contributed by atoms with Gasteiger partial charge in [0, 0.05) is 0 Å². The van der Waals surface area contributed by atoms with Crippen LogP contribution in [0.1, 0.15) is 40.5 Å². The SMILES string of the molecule is CCC(C#N)(CC)NC(=O)OCC(C)C. The van der Waals surface area contributed by atoms with E-state index in [-0.39, 0.29) is 0 Å². The van der Waals surface area contributed by atoms with Gasteiger partial charge in [-0.2, -0.15) is 5.26 Å². The van der Waals surface area contributed by atoms with Crippen LogP contribution in [0.2, 0.25) is 0 Å². The minimum atomic E-state index is -0.784. The molecule has 4 heteroatoms. The van der Waals surface area contributed by atoms with Crippen molar-refractivity contribution < 1.29 is 9.53 Å². The molecule has 0 spiro atoms. The van der Waals surface area contributed by atoms with E-state index in [0.29, 0.717) is 25.4 Å². The Balaban J connectivity index is 4.19. The van der Waals surface area contributed by atoms with Gasteiger partial charge < -0.3 is 10.1 Å². The zero-order chi connectivity index (χ0) is 11.9. The number of nitriles is 1.